The first-order valence-corrected chi connectivity index (χ1v) is 5.31. The van der Waals surface area contributed by atoms with Gasteiger partial charge in [-0.15, -0.1) is 0 Å². The molecule has 17 heavy (non-hydrogen) atoms. The Bertz CT molecular complexity index is 416. The van der Waals surface area contributed by atoms with Crippen LogP contribution in [0.25, 0.3) is 6.08 Å². The molecule has 3 nitrogen and oxygen atoms in total. The number of carbonyl (C=O) groups excluding carboxylic acids is 1. The first kappa shape index (κ1) is 13.2. The van der Waals surface area contributed by atoms with Crippen molar-refractivity contribution in [2.45, 2.75) is 13.0 Å². The summed E-state index contributed by atoms with van der Waals surface area (Å²) in [6.07, 6.45) is 5.43. The van der Waals surface area contributed by atoms with Crippen molar-refractivity contribution in [2.75, 3.05) is 7.11 Å². The Balaban J connectivity index is 2.52. The lowest BCUT2D eigenvalue weighted by molar-refractivity contribution is -0.147. The van der Waals surface area contributed by atoms with Gasteiger partial charge in [-0.05, 0) is 18.6 Å². The van der Waals surface area contributed by atoms with Gasteiger partial charge in [-0.1, -0.05) is 48.1 Å². The average Bonchev–Trinajstić information content (AvgIpc) is 2.35. The van der Waals surface area contributed by atoms with E-state index in [9.17, 15) is 9.90 Å². The van der Waals surface area contributed by atoms with Gasteiger partial charge in [0.05, 0.1) is 7.11 Å². The molecule has 1 aromatic carbocycles. The summed E-state index contributed by atoms with van der Waals surface area (Å²) in [5.74, 6) is -0.662. The standard InChI is InChI=1S/C14H16O3/c1-11-7-9-12(10-8-11)5-3-4-6-13(15)14(16)17-2/h3-10,13,15H,1-2H3/b5-3+,6-4+/t13-/m0/s1. The molecule has 0 heterocycles. The molecule has 0 aromatic heterocycles. The molecule has 0 unspecified atom stereocenters. The number of benzene rings is 1. The van der Waals surface area contributed by atoms with Crippen molar-refractivity contribution >= 4 is 12.0 Å². The smallest absolute Gasteiger partial charge is 0.338 e. The second-order valence-electron chi connectivity index (χ2n) is 3.62. The average molecular weight is 232 g/mol. The summed E-state index contributed by atoms with van der Waals surface area (Å²) in [5, 5.41) is 9.26. The SMILES string of the molecule is COC(=O)[C@@H](O)/C=C/C=C/c1ccc(C)cc1. The van der Waals surface area contributed by atoms with Gasteiger partial charge >= 0.3 is 5.97 Å². The van der Waals surface area contributed by atoms with Crippen LogP contribution in [0, 0.1) is 6.92 Å². The molecule has 0 saturated carbocycles. The minimum atomic E-state index is -1.21. The molecule has 0 bridgehead atoms. The molecule has 0 amide bonds. The number of aryl methyl sites for hydroxylation is 1. The molecule has 0 radical (unpaired) electrons. The fourth-order valence-corrected chi connectivity index (χ4v) is 1.21. The molecule has 0 spiro atoms. The number of rotatable bonds is 4. The summed E-state index contributed by atoms with van der Waals surface area (Å²) in [6.45, 7) is 2.03. The zero-order chi connectivity index (χ0) is 12.7. The molecule has 1 aromatic rings. The van der Waals surface area contributed by atoms with E-state index in [1.165, 1.54) is 18.7 Å². The second kappa shape index (κ2) is 6.66. The number of hydrogen-bond donors (Lipinski definition) is 1. The summed E-state index contributed by atoms with van der Waals surface area (Å²) < 4.78 is 4.38. The molecule has 1 rings (SSSR count). The zero-order valence-electron chi connectivity index (χ0n) is 9.96. The van der Waals surface area contributed by atoms with Crippen molar-refractivity contribution in [1.29, 1.82) is 0 Å². The maximum absolute atomic E-state index is 10.9. The number of carbonyl (C=O) groups is 1. The number of allylic oxidation sites excluding steroid dienone is 2. The number of aliphatic hydroxyl groups excluding tert-OH is 1. The van der Waals surface area contributed by atoms with E-state index in [0.717, 1.165) is 5.56 Å². The van der Waals surface area contributed by atoms with E-state index in [0.29, 0.717) is 0 Å². The first-order chi connectivity index (χ1) is 8.13. The van der Waals surface area contributed by atoms with E-state index in [1.807, 2.05) is 37.3 Å². The number of hydrogen-bond acceptors (Lipinski definition) is 3. The van der Waals surface area contributed by atoms with Gasteiger partial charge in [0.25, 0.3) is 0 Å². The summed E-state index contributed by atoms with van der Waals surface area (Å²) >= 11 is 0. The molecule has 0 aliphatic heterocycles. The van der Waals surface area contributed by atoms with E-state index in [2.05, 4.69) is 4.74 Å². The Labute approximate surface area is 101 Å². The highest BCUT2D eigenvalue weighted by molar-refractivity contribution is 5.76. The maximum atomic E-state index is 10.9. The van der Waals surface area contributed by atoms with Gasteiger partial charge in [-0.2, -0.15) is 0 Å². The lowest BCUT2D eigenvalue weighted by atomic mass is 10.1. The Morgan fingerprint density at radius 1 is 1.29 bits per heavy atom. The molecule has 0 fully saturated rings. The number of aliphatic hydroxyl groups is 1. The molecule has 90 valence electrons. The van der Waals surface area contributed by atoms with Crippen molar-refractivity contribution in [3.05, 3.63) is 53.6 Å². The van der Waals surface area contributed by atoms with Crippen molar-refractivity contribution in [2.24, 2.45) is 0 Å². The van der Waals surface area contributed by atoms with Crippen LogP contribution in [0.1, 0.15) is 11.1 Å². The van der Waals surface area contributed by atoms with Gasteiger partial charge in [-0.25, -0.2) is 4.79 Å². The quantitative estimate of drug-likeness (QED) is 0.638. The lowest BCUT2D eigenvalue weighted by Crippen LogP contribution is -2.18. The normalized spacial score (nSPS) is 13.1. The van der Waals surface area contributed by atoms with Crippen LogP contribution < -0.4 is 0 Å². The summed E-state index contributed by atoms with van der Waals surface area (Å²) in [4.78, 5) is 10.9. The van der Waals surface area contributed by atoms with Crippen LogP contribution in [0.4, 0.5) is 0 Å². The highest BCUT2D eigenvalue weighted by Crippen LogP contribution is 2.05. The lowest BCUT2D eigenvalue weighted by Gasteiger charge is -2.00. The third-order valence-corrected chi connectivity index (χ3v) is 2.21. The first-order valence-electron chi connectivity index (χ1n) is 5.31. The van der Waals surface area contributed by atoms with Crippen LogP contribution in [0.5, 0.6) is 0 Å². The van der Waals surface area contributed by atoms with Crippen molar-refractivity contribution in [3.63, 3.8) is 0 Å². The molecular weight excluding hydrogens is 216 g/mol. The van der Waals surface area contributed by atoms with Crippen LogP contribution in [0.3, 0.4) is 0 Å². The Morgan fingerprint density at radius 3 is 2.53 bits per heavy atom. The Hall–Kier alpha value is -1.87. The molecule has 1 atom stereocenters. The van der Waals surface area contributed by atoms with Gasteiger partial charge in [-0.3, -0.25) is 0 Å². The summed E-state index contributed by atoms with van der Waals surface area (Å²) in [7, 11) is 1.24. The zero-order valence-corrected chi connectivity index (χ0v) is 9.96. The van der Waals surface area contributed by atoms with Crippen molar-refractivity contribution in [3.8, 4) is 0 Å². The van der Waals surface area contributed by atoms with E-state index >= 15 is 0 Å². The van der Waals surface area contributed by atoms with E-state index < -0.39 is 12.1 Å². The topological polar surface area (TPSA) is 46.5 Å². The predicted molar refractivity (Wildman–Crippen MR) is 67.4 cm³/mol. The fourth-order valence-electron chi connectivity index (χ4n) is 1.21. The van der Waals surface area contributed by atoms with E-state index in [-0.39, 0.29) is 0 Å². The minimum Gasteiger partial charge on any atom is -0.467 e. The van der Waals surface area contributed by atoms with Gasteiger partial charge in [0.2, 0.25) is 0 Å². The van der Waals surface area contributed by atoms with Gasteiger partial charge in [0.1, 0.15) is 0 Å². The molecule has 0 aliphatic rings. The van der Waals surface area contributed by atoms with Gasteiger partial charge < -0.3 is 9.84 Å². The van der Waals surface area contributed by atoms with Crippen LogP contribution >= 0.6 is 0 Å². The van der Waals surface area contributed by atoms with Crippen LogP contribution in [0.15, 0.2) is 42.5 Å². The molecule has 3 heteroatoms. The van der Waals surface area contributed by atoms with E-state index in [4.69, 9.17) is 0 Å². The predicted octanol–water partition coefficient (Wildman–Crippen LogP) is 2.10. The minimum absolute atomic E-state index is 0.662. The van der Waals surface area contributed by atoms with E-state index in [1.54, 1.807) is 12.2 Å². The Kier molecular flexibility index (Phi) is 5.17. The molecule has 1 N–H and O–H groups in total. The highest BCUT2D eigenvalue weighted by atomic mass is 16.5. The van der Waals surface area contributed by atoms with Crippen LogP contribution in [-0.2, 0) is 9.53 Å². The third-order valence-electron chi connectivity index (χ3n) is 2.21. The monoisotopic (exact) mass is 232 g/mol. The summed E-state index contributed by atoms with van der Waals surface area (Å²) in [5.41, 5.74) is 2.27. The van der Waals surface area contributed by atoms with Gasteiger partial charge in [0.15, 0.2) is 6.10 Å². The highest BCUT2D eigenvalue weighted by Gasteiger charge is 2.09. The number of esters is 1. The molecule has 0 saturated heterocycles. The maximum Gasteiger partial charge on any atom is 0.338 e. The Morgan fingerprint density at radius 2 is 1.94 bits per heavy atom. The fraction of sp³-hybridized carbons (Fsp3) is 0.214. The van der Waals surface area contributed by atoms with Crippen LogP contribution in [-0.4, -0.2) is 24.3 Å². The largest absolute Gasteiger partial charge is 0.467 e. The number of methoxy groups -OCH3 is 1. The second-order valence-corrected chi connectivity index (χ2v) is 3.62. The van der Waals surface area contributed by atoms with Gasteiger partial charge in [0, 0.05) is 0 Å². The van der Waals surface area contributed by atoms with Crippen molar-refractivity contribution in [1.82, 2.24) is 0 Å². The molecular formula is C14H16O3. The van der Waals surface area contributed by atoms with Crippen molar-refractivity contribution < 1.29 is 14.6 Å². The third kappa shape index (κ3) is 4.66. The molecule has 0 aliphatic carbocycles. The summed E-state index contributed by atoms with van der Waals surface area (Å²) in [6, 6.07) is 8.03. The number of ether oxygens (including phenoxy) is 1. The van der Waals surface area contributed by atoms with Crippen LogP contribution in [0.2, 0.25) is 0 Å².